The second-order valence-electron chi connectivity index (χ2n) is 5.64. The number of thiazole rings is 1. The molecule has 1 aliphatic heterocycles. The molecule has 0 amide bonds. The van der Waals surface area contributed by atoms with Crippen LogP contribution in [0.2, 0.25) is 0 Å². The third-order valence-corrected chi connectivity index (χ3v) is 4.42. The summed E-state index contributed by atoms with van der Waals surface area (Å²) in [4.78, 5) is 10.1. The standard InChI is InChI=1S/C16H28N4O2S/c1-3-17-16(20-10-15-19-9-13(2)23-15)18-6-4-7-21-11-14-5-8-22-12-14/h9,14H,3-8,10-12H2,1-2H3,(H2,17,18,20). The molecular weight excluding hydrogens is 312 g/mol. The molecule has 0 saturated carbocycles. The van der Waals surface area contributed by atoms with Crippen LogP contribution in [0.1, 0.15) is 29.7 Å². The third-order valence-electron chi connectivity index (χ3n) is 3.52. The lowest BCUT2D eigenvalue weighted by molar-refractivity contribution is 0.0888. The Balaban J connectivity index is 1.59. The fraction of sp³-hybridized carbons (Fsp3) is 0.750. The number of hydrogen-bond acceptors (Lipinski definition) is 5. The molecule has 1 unspecified atom stereocenters. The minimum atomic E-state index is 0.587. The summed E-state index contributed by atoms with van der Waals surface area (Å²) in [7, 11) is 0. The minimum absolute atomic E-state index is 0.587. The fourth-order valence-corrected chi connectivity index (χ4v) is 3.02. The second-order valence-corrected chi connectivity index (χ2v) is 6.96. The number of hydrogen-bond donors (Lipinski definition) is 2. The molecular formula is C16H28N4O2S. The molecule has 1 atom stereocenters. The van der Waals surface area contributed by atoms with Crippen molar-refractivity contribution in [2.45, 2.75) is 33.2 Å². The molecule has 2 heterocycles. The fourth-order valence-electron chi connectivity index (χ4n) is 2.31. The van der Waals surface area contributed by atoms with E-state index in [1.807, 2.05) is 6.20 Å². The Morgan fingerprint density at radius 1 is 1.52 bits per heavy atom. The number of nitrogens with one attached hydrogen (secondary N) is 2. The van der Waals surface area contributed by atoms with Crippen LogP contribution < -0.4 is 10.6 Å². The summed E-state index contributed by atoms with van der Waals surface area (Å²) < 4.78 is 11.0. The molecule has 1 saturated heterocycles. The van der Waals surface area contributed by atoms with Gasteiger partial charge in [0.1, 0.15) is 5.01 Å². The van der Waals surface area contributed by atoms with Crippen molar-refractivity contribution >= 4 is 17.3 Å². The summed E-state index contributed by atoms with van der Waals surface area (Å²) in [6.07, 6.45) is 3.99. The van der Waals surface area contributed by atoms with Gasteiger partial charge in [0.25, 0.3) is 0 Å². The van der Waals surface area contributed by atoms with Crippen molar-refractivity contribution in [1.29, 1.82) is 0 Å². The van der Waals surface area contributed by atoms with E-state index in [1.165, 1.54) is 4.88 Å². The van der Waals surface area contributed by atoms with E-state index in [1.54, 1.807) is 11.3 Å². The molecule has 2 rings (SSSR count). The molecule has 0 aliphatic carbocycles. The van der Waals surface area contributed by atoms with E-state index in [4.69, 9.17) is 9.47 Å². The van der Waals surface area contributed by atoms with Gasteiger partial charge in [0.05, 0.1) is 19.8 Å². The lowest BCUT2D eigenvalue weighted by Crippen LogP contribution is -2.38. The lowest BCUT2D eigenvalue weighted by atomic mass is 10.1. The Morgan fingerprint density at radius 2 is 2.43 bits per heavy atom. The highest BCUT2D eigenvalue weighted by atomic mass is 32.1. The van der Waals surface area contributed by atoms with Gasteiger partial charge in [-0.15, -0.1) is 11.3 Å². The molecule has 2 N–H and O–H groups in total. The average Bonchev–Trinajstić information content (AvgIpc) is 3.19. The van der Waals surface area contributed by atoms with Crippen LogP contribution in [0.25, 0.3) is 0 Å². The van der Waals surface area contributed by atoms with Crippen LogP contribution in [0.3, 0.4) is 0 Å². The van der Waals surface area contributed by atoms with Crippen LogP contribution in [0.5, 0.6) is 0 Å². The topological polar surface area (TPSA) is 67.8 Å². The smallest absolute Gasteiger partial charge is 0.191 e. The third kappa shape index (κ3) is 7.28. The summed E-state index contributed by atoms with van der Waals surface area (Å²) in [6, 6.07) is 0. The molecule has 0 bridgehead atoms. The van der Waals surface area contributed by atoms with E-state index in [2.05, 4.69) is 34.5 Å². The average molecular weight is 340 g/mol. The van der Waals surface area contributed by atoms with Gasteiger partial charge in [-0.25, -0.2) is 9.98 Å². The number of aliphatic imine (C=N–C) groups is 1. The van der Waals surface area contributed by atoms with E-state index in [9.17, 15) is 0 Å². The van der Waals surface area contributed by atoms with Gasteiger partial charge in [0, 0.05) is 43.3 Å². The molecule has 23 heavy (non-hydrogen) atoms. The molecule has 1 fully saturated rings. The highest BCUT2D eigenvalue weighted by Crippen LogP contribution is 2.12. The van der Waals surface area contributed by atoms with Gasteiger partial charge >= 0.3 is 0 Å². The summed E-state index contributed by atoms with van der Waals surface area (Å²) in [6.45, 7) is 9.77. The highest BCUT2D eigenvalue weighted by Gasteiger charge is 2.15. The van der Waals surface area contributed by atoms with Gasteiger partial charge in [0.15, 0.2) is 5.96 Å². The van der Waals surface area contributed by atoms with Crippen molar-refractivity contribution in [3.05, 3.63) is 16.1 Å². The number of aromatic nitrogens is 1. The second kappa shape index (κ2) is 10.6. The van der Waals surface area contributed by atoms with E-state index in [0.717, 1.165) is 63.3 Å². The first kappa shape index (κ1) is 18.2. The first-order valence-corrected chi connectivity index (χ1v) is 9.18. The van der Waals surface area contributed by atoms with E-state index in [0.29, 0.717) is 12.5 Å². The first-order chi connectivity index (χ1) is 11.3. The monoisotopic (exact) mass is 340 g/mol. The van der Waals surface area contributed by atoms with Gasteiger partial charge in [0.2, 0.25) is 0 Å². The Bertz CT molecular complexity index is 472. The van der Waals surface area contributed by atoms with E-state index in [-0.39, 0.29) is 0 Å². The molecule has 1 aromatic heterocycles. The number of aryl methyl sites for hydroxylation is 1. The predicted molar refractivity (Wildman–Crippen MR) is 94.0 cm³/mol. The van der Waals surface area contributed by atoms with Crippen LogP contribution in [-0.2, 0) is 16.0 Å². The van der Waals surface area contributed by atoms with Gasteiger partial charge < -0.3 is 20.1 Å². The van der Waals surface area contributed by atoms with Gasteiger partial charge in [-0.2, -0.15) is 0 Å². The molecule has 0 aromatic carbocycles. The summed E-state index contributed by atoms with van der Waals surface area (Å²) in [5.41, 5.74) is 0. The van der Waals surface area contributed by atoms with Crippen LogP contribution in [0.4, 0.5) is 0 Å². The van der Waals surface area contributed by atoms with Crippen molar-refractivity contribution in [3.8, 4) is 0 Å². The van der Waals surface area contributed by atoms with Gasteiger partial charge in [-0.05, 0) is 26.7 Å². The molecule has 0 radical (unpaired) electrons. The quantitative estimate of drug-likeness (QED) is 0.409. The van der Waals surface area contributed by atoms with Crippen molar-refractivity contribution < 1.29 is 9.47 Å². The maximum atomic E-state index is 5.70. The number of ether oxygens (including phenoxy) is 2. The summed E-state index contributed by atoms with van der Waals surface area (Å²) >= 11 is 1.69. The zero-order valence-electron chi connectivity index (χ0n) is 14.1. The first-order valence-electron chi connectivity index (χ1n) is 8.37. The van der Waals surface area contributed by atoms with Crippen LogP contribution in [0.15, 0.2) is 11.2 Å². The van der Waals surface area contributed by atoms with Crippen LogP contribution >= 0.6 is 11.3 Å². The molecule has 6 nitrogen and oxygen atoms in total. The molecule has 0 spiro atoms. The Hall–Kier alpha value is -1.18. The molecule has 1 aliphatic rings. The minimum Gasteiger partial charge on any atom is -0.381 e. The zero-order valence-corrected chi connectivity index (χ0v) is 15.0. The van der Waals surface area contributed by atoms with Crippen molar-refractivity contribution in [2.75, 3.05) is 39.5 Å². The Labute approximate surface area is 142 Å². The van der Waals surface area contributed by atoms with Crippen molar-refractivity contribution in [1.82, 2.24) is 15.6 Å². The summed E-state index contributed by atoms with van der Waals surface area (Å²) in [5, 5.41) is 7.63. The largest absolute Gasteiger partial charge is 0.381 e. The normalized spacial score (nSPS) is 18.3. The zero-order chi connectivity index (χ0) is 16.3. The molecule has 7 heteroatoms. The lowest BCUT2D eigenvalue weighted by Gasteiger charge is -2.12. The molecule has 130 valence electrons. The number of rotatable bonds is 9. The van der Waals surface area contributed by atoms with E-state index < -0.39 is 0 Å². The van der Waals surface area contributed by atoms with Crippen molar-refractivity contribution in [2.24, 2.45) is 10.9 Å². The SMILES string of the molecule is CCNC(=NCc1ncc(C)s1)NCCCOCC1CCOC1. The predicted octanol–water partition coefficient (Wildman–Crippen LogP) is 1.95. The van der Waals surface area contributed by atoms with Crippen LogP contribution in [0, 0.1) is 12.8 Å². The maximum Gasteiger partial charge on any atom is 0.191 e. The van der Waals surface area contributed by atoms with Crippen molar-refractivity contribution in [3.63, 3.8) is 0 Å². The van der Waals surface area contributed by atoms with Gasteiger partial charge in [-0.3, -0.25) is 0 Å². The Kier molecular flexibility index (Phi) is 8.35. The molecule has 1 aromatic rings. The van der Waals surface area contributed by atoms with E-state index >= 15 is 0 Å². The number of guanidine groups is 1. The Morgan fingerprint density at radius 3 is 3.13 bits per heavy atom. The van der Waals surface area contributed by atoms with Crippen LogP contribution in [-0.4, -0.2) is 50.5 Å². The van der Waals surface area contributed by atoms with Gasteiger partial charge in [-0.1, -0.05) is 0 Å². The number of nitrogens with zero attached hydrogens (tertiary/aromatic N) is 2. The summed E-state index contributed by atoms with van der Waals surface area (Å²) in [5.74, 6) is 1.42. The maximum absolute atomic E-state index is 5.70. The highest BCUT2D eigenvalue weighted by molar-refractivity contribution is 7.11.